The number of nitrogens with one attached hydrogen (secondary N) is 2. The van der Waals surface area contributed by atoms with Crippen molar-refractivity contribution >= 4 is 22.9 Å². The Balaban J connectivity index is 1.40. The average Bonchev–Trinajstić information content (AvgIpc) is 3.52. The highest BCUT2D eigenvalue weighted by atomic mass is 16.1. The molecule has 1 saturated heterocycles. The number of pyridine rings is 2. The monoisotopic (exact) mass is 456 g/mol. The van der Waals surface area contributed by atoms with Gasteiger partial charge in [-0.25, -0.2) is 14.5 Å². The molecule has 34 heavy (non-hydrogen) atoms. The second-order valence-electron chi connectivity index (χ2n) is 8.53. The van der Waals surface area contributed by atoms with Crippen LogP contribution in [0.1, 0.15) is 35.3 Å². The molecule has 0 aliphatic carbocycles. The first-order valence-electron chi connectivity index (χ1n) is 11.7. The molecule has 9 nitrogen and oxygen atoms in total. The van der Waals surface area contributed by atoms with Crippen molar-refractivity contribution in [2.75, 3.05) is 31.5 Å². The zero-order valence-electron chi connectivity index (χ0n) is 19.2. The van der Waals surface area contributed by atoms with Crippen LogP contribution in [0.15, 0.2) is 55.0 Å². The van der Waals surface area contributed by atoms with E-state index in [2.05, 4.69) is 30.6 Å². The van der Waals surface area contributed by atoms with Crippen LogP contribution in [0, 0.1) is 6.92 Å². The van der Waals surface area contributed by atoms with Crippen LogP contribution in [0.4, 0.5) is 11.5 Å². The lowest BCUT2D eigenvalue weighted by molar-refractivity contribution is 0.0952. The number of aryl methyl sites for hydroxylation is 1. The van der Waals surface area contributed by atoms with Gasteiger partial charge < -0.3 is 15.5 Å². The normalized spacial score (nSPS) is 13.9. The van der Waals surface area contributed by atoms with Gasteiger partial charge >= 0.3 is 0 Å². The lowest BCUT2D eigenvalue weighted by Gasteiger charge is -2.14. The fourth-order valence-electron chi connectivity index (χ4n) is 4.18. The molecule has 5 heterocycles. The fraction of sp³-hybridized carbons (Fsp3) is 0.320. The molecule has 9 heteroatoms. The van der Waals surface area contributed by atoms with Crippen molar-refractivity contribution in [1.82, 2.24) is 34.8 Å². The predicted molar refractivity (Wildman–Crippen MR) is 131 cm³/mol. The third-order valence-electron chi connectivity index (χ3n) is 5.92. The molecule has 0 unspecified atom stereocenters. The van der Waals surface area contributed by atoms with E-state index >= 15 is 0 Å². The average molecular weight is 457 g/mol. The maximum atomic E-state index is 12.9. The molecular formula is C25H28N8O. The van der Waals surface area contributed by atoms with Gasteiger partial charge in [0.1, 0.15) is 11.2 Å². The number of rotatable bonds is 8. The van der Waals surface area contributed by atoms with Crippen molar-refractivity contribution in [2.45, 2.75) is 26.2 Å². The van der Waals surface area contributed by atoms with Crippen LogP contribution in [-0.4, -0.2) is 61.6 Å². The van der Waals surface area contributed by atoms with E-state index < -0.39 is 0 Å². The van der Waals surface area contributed by atoms with Crippen molar-refractivity contribution in [3.8, 4) is 11.5 Å². The van der Waals surface area contributed by atoms with Gasteiger partial charge in [0.25, 0.3) is 5.91 Å². The summed E-state index contributed by atoms with van der Waals surface area (Å²) in [7, 11) is 0. The molecule has 1 amide bonds. The zero-order chi connectivity index (χ0) is 23.3. The molecule has 5 rings (SSSR count). The first-order chi connectivity index (χ1) is 16.7. The summed E-state index contributed by atoms with van der Waals surface area (Å²) in [5.41, 5.74) is 3.64. The first-order valence-corrected chi connectivity index (χ1v) is 11.7. The van der Waals surface area contributed by atoms with Gasteiger partial charge in [0.15, 0.2) is 5.82 Å². The number of carbonyl (C=O) groups excluding carboxylic acids is 1. The molecule has 1 aliphatic heterocycles. The second kappa shape index (κ2) is 9.96. The minimum atomic E-state index is -0.114. The van der Waals surface area contributed by atoms with E-state index in [4.69, 9.17) is 4.98 Å². The molecule has 1 fully saturated rings. The zero-order valence-corrected chi connectivity index (χ0v) is 19.2. The molecule has 1 aliphatic rings. The third kappa shape index (κ3) is 5.04. The van der Waals surface area contributed by atoms with E-state index in [1.807, 2.05) is 43.3 Å². The predicted octanol–water partition coefficient (Wildman–Crippen LogP) is 3.45. The summed E-state index contributed by atoms with van der Waals surface area (Å²) >= 11 is 0. The molecule has 4 aromatic rings. The number of amides is 1. The van der Waals surface area contributed by atoms with E-state index in [0.29, 0.717) is 35.0 Å². The summed E-state index contributed by atoms with van der Waals surface area (Å²) in [6, 6.07) is 11.3. The Labute approximate surface area is 198 Å². The highest BCUT2D eigenvalue weighted by molar-refractivity contribution is 5.96. The summed E-state index contributed by atoms with van der Waals surface area (Å²) in [5, 5.41) is 11.0. The number of anilines is 2. The van der Waals surface area contributed by atoms with E-state index in [9.17, 15) is 4.79 Å². The minimum Gasteiger partial charge on any atom is -0.352 e. The molecule has 0 aromatic carbocycles. The van der Waals surface area contributed by atoms with Gasteiger partial charge in [-0.05, 0) is 76.2 Å². The van der Waals surface area contributed by atoms with Crippen LogP contribution < -0.4 is 10.6 Å². The Morgan fingerprint density at radius 3 is 2.71 bits per heavy atom. The number of nitrogens with zero attached hydrogens (tertiary/aromatic N) is 6. The fourth-order valence-corrected chi connectivity index (χ4v) is 4.18. The maximum Gasteiger partial charge on any atom is 0.252 e. The standard InChI is InChI=1S/C25H28N8O/c1-18-6-4-7-21(28-18)23-30-24(29-20-8-11-26-12-9-20)22-16-19(17-33(22)31-23)25(34)27-10-5-15-32-13-2-3-14-32/h4,6-9,11-12,16-17H,2-3,5,10,13-15H2,1H3,(H,27,34)(H,26,29,30,31). The highest BCUT2D eigenvalue weighted by Gasteiger charge is 2.16. The number of likely N-dealkylation sites (tertiary alicyclic amines) is 1. The van der Waals surface area contributed by atoms with Gasteiger partial charge in [-0.3, -0.25) is 9.78 Å². The molecule has 0 atom stereocenters. The molecule has 0 spiro atoms. The Bertz CT molecular complexity index is 1280. The second-order valence-corrected chi connectivity index (χ2v) is 8.53. The quantitative estimate of drug-likeness (QED) is 0.392. The number of hydrogen-bond acceptors (Lipinski definition) is 7. The van der Waals surface area contributed by atoms with Crippen LogP contribution in [-0.2, 0) is 0 Å². The van der Waals surface area contributed by atoms with Crippen molar-refractivity contribution in [3.63, 3.8) is 0 Å². The van der Waals surface area contributed by atoms with Crippen molar-refractivity contribution in [1.29, 1.82) is 0 Å². The third-order valence-corrected chi connectivity index (χ3v) is 5.92. The first kappa shape index (κ1) is 22.0. The molecular weight excluding hydrogens is 428 g/mol. The number of fused-ring (bicyclic) bond motifs is 1. The van der Waals surface area contributed by atoms with Crippen molar-refractivity contribution in [2.24, 2.45) is 0 Å². The lowest BCUT2D eigenvalue weighted by Crippen LogP contribution is -2.28. The van der Waals surface area contributed by atoms with Crippen molar-refractivity contribution < 1.29 is 4.79 Å². The van der Waals surface area contributed by atoms with Crippen molar-refractivity contribution in [3.05, 3.63) is 66.2 Å². The minimum absolute atomic E-state index is 0.114. The Kier molecular flexibility index (Phi) is 6.44. The molecule has 2 N–H and O–H groups in total. The van der Waals surface area contributed by atoms with E-state index in [1.165, 1.54) is 25.9 Å². The summed E-state index contributed by atoms with van der Waals surface area (Å²) in [6.45, 7) is 5.94. The molecule has 0 bridgehead atoms. The SMILES string of the molecule is Cc1cccc(-c2nc(Nc3ccncc3)c3cc(C(=O)NCCCN4CCCC4)cn3n2)n1. The summed E-state index contributed by atoms with van der Waals surface area (Å²) in [4.78, 5) is 28.7. The van der Waals surface area contributed by atoms with Gasteiger partial charge in [-0.15, -0.1) is 5.10 Å². The van der Waals surface area contributed by atoms with Gasteiger partial charge in [-0.1, -0.05) is 6.07 Å². The summed E-state index contributed by atoms with van der Waals surface area (Å²) in [5.74, 6) is 0.950. The van der Waals surface area contributed by atoms with Crippen LogP contribution >= 0.6 is 0 Å². The van der Waals surface area contributed by atoms with Gasteiger partial charge in [0.05, 0.1) is 5.56 Å². The molecule has 174 valence electrons. The summed E-state index contributed by atoms with van der Waals surface area (Å²) < 4.78 is 1.69. The van der Waals surface area contributed by atoms with Crippen LogP contribution in [0.3, 0.4) is 0 Å². The highest BCUT2D eigenvalue weighted by Crippen LogP contribution is 2.24. The molecule has 0 radical (unpaired) electrons. The topological polar surface area (TPSA) is 100 Å². The Morgan fingerprint density at radius 2 is 1.91 bits per heavy atom. The van der Waals surface area contributed by atoms with Gasteiger partial charge in [0, 0.05) is 36.5 Å². The van der Waals surface area contributed by atoms with E-state index in [-0.39, 0.29) is 5.91 Å². The van der Waals surface area contributed by atoms with E-state index in [1.54, 1.807) is 23.1 Å². The van der Waals surface area contributed by atoms with Crippen LogP contribution in [0.25, 0.3) is 17.0 Å². The van der Waals surface area contributed by atoms with Crippen LogP contribution in [0.2, 0.25) is 0 Å². The number of hydrogen-bond donors (Lipinski definition) is 2. The Hall–Kier alpha value is -3.85. The lowest BCUT2D eigenvalue weighted by atomic mass is 10.3. The Morgan fingerprint density at radius 1 is 1.09 bits per heavy atom. The number of aromatic nitrogens is 5. The van der Waals surface area contributed by atoms with Gasteiger partial charge in [0.2, 0.25) is 5.82 Å². The number of carbonyl (C=O) groups is 1. The smallest absolute Gasteiger partial charge is 0.252 e. The van der Waals surface area contributed by atoms with Gasteiger partial charge in [-0.2, -0.15) is 0 Å². The largest absolute Gasteiger partial charge is 0.352 e. The van der Waals surface area contributed by atoms with E-state index in [0.717, 1.165) is 24.3 Å². The van der Waals surface area contributed by atoms with Crippen LogP contribution in [0.5, 0.6) is 0 Å². The summed E-state index contributed by atoms with van der Waals surface area (Å²) in [6.07, 6.45) is 8.66. The maximum absolute atomic E-state index is 12.9. The molecule has 0 saturated carbocycles. The molecule has 4 aromatic heterocycles.